The highest BCUT2D eigenvalue weighted by Crippen LogP contribution is 2.08. The molecule has 0 unspecified atom stereocenters. The summed E-state index contributed by atoms with van der Waals surface area (Å²) in [5.74, 6) is 0.619. The molecule has 0 aliphatic carbocycles. The number of likely N-dealkylation sites (N-methyl/N-ethyl adjacent to an activating group) is 1. The lowest BCUT2D eigenvalue weighted by Crippen LogP contribution is -2.49. The van der Waals surface area contributed by atoms with Gasteiger partial charge in [-0.2, -0.15) is 0 Å². The van der Waals surface area contributed by atoms with Gasteiger partial charge in [0.25, 0.3) is 0 Å². The molecule has 0 bridgehead atoms. The maximum atomic E-state index is 13.3. The summed E-state index contributed by atoms with van der Waals surface area (Å²) in [6, 6.07) is 5.18. The van der Waals surface area contributed by atoms with Crippen molar-refractivity contribution in [3.8, 4) is 0 Å². The van der Waals surface area contributed by atoms with E-state index >= 15 is 0 Å². The van der Waals surface area contributed by atoms with Crippen LogP contribution < -0.4 is 10.6 Å². The fourth-order valence-corrected chi connectivity index (χ4v) is 2.88. The monoisotopic (exact) mass is 463 g/mol. The van der Waals surface area contributed by atoms with Gasteiger partial charge in [0.2, 0.25) is 0 Å². The number of piperazine rings is 1. The maximum Gasteiger partial charge on any atom is 0.191 e. The van der Waals surface area contributed by atoms with E-state index in [4.69, 9.17) is 0 Å². The number of benzene rings is 1. The summed E-state index contributed by atoms with van der Waals surface area (Å²) in [6.07, 6.45) is 0. The lowest BCUT2D eigenvalue weighted by Gasteiger charge is -2.34. The highest BCUT2D eigenvalue weighted by Gasteiger charge is 2.14. The van der Waals surface area contributed by atoms with E-state index in [1.165, 1.54) is 6.07 Å². The summed E-state index contributed by atoms with van der Waals surface area (Å²) in [7, 11) is 1.77. The van der Waals surface area contributed by atoms with Crippen LogP contribution in [0.5, 0.6) is 0 Å². The van der Waals surface area contributed by atoms with E-state index in [2.05, 4.69) is 32.3 Å². The molecule has 0 saturated carbocycles. The summed E-state index contributed by atoms with van der Waals surface area (Å²) < 4.78 is 13.3. The van der Waals surface area contributed by atoms with Crippen LogP contribution in [-0.4, -0.2) is 68.6 Å². The van der Waals surface area contributed by atoms with Crippen molar-refractivity contribution in [2.45, 2.75) is 20.4 Å². The predicted octanol–water partition coefficient (Wildman–Crippen LogP) is 2.05. The van der Waals surface area contributed by atoms with Gasteiger partial charge in [0.05, 0.1) is 0 Å². The molecule has 7 heteroatoms. The molecule has 25 heavy (non-hydrogen) atoms. The molecule has 5 nitrogen and oxygen atoms in total. The molecule has 1 aliphatic rings. The summed E-state index contributed by atoms with van der Waals surface area (Å²) in [4.78, 5) is 9.21. The number of halogens is 2. The third-order valence-electron chi connectivity index (χ3n) is 4.54. The Morgan fingerprint density at radius 3 is 2.44 bits per heavy atom. The average molecular weight is 463 g/mol. The van der Waals surface area contributed by atoms with E-state index in [-0.39, 0.29) is 29.8 Å². The van der Waals surface area contributed by atoms with Crippen molar-refractivity contribution in [3.63, 3.8) is 0 Å². The first kappa shape index (κ1) is 22.1. The molecule has 1 saturated heterocycles. The van der Waals surface area contributed by atoms with Crippen LogP contribution in [0.4, 0.5) is 4.39 Å². The fourth-order valence-electron chi connectivity index (χ4n) is 2.88. The SMILES string of the molecule is CCN1CCN(CCNC(=NC)NCc2ccc(F)c(C)c2)CC1.I. The molecule has 0 aromatic heterocycles. The minimum absolute atomic E-state index is 0. The second kappa shape index (κ2) is 11.6. The molecule has 0 spiro atoms. The van der Waals surface area contributed by atoms with E-state index in [1.807, 2.05) is 6.07 Å². The highest BCUT2D eigenvalue weighted by molar-refractivity contribution is 14.0. The minimum atomic E-state index is -0.163. The van der Waals surface area contributed by atoms with Crippen LogP contribution >= 0.6 is 24.0 Å². The van der Waals surface area contributed by atoms with E-state index < -0.39 is 0 Å². The largest absolute Gasteiger partial charge is 0.355 e. The normalized spacial score (nSPS) is 16.4. The number of nitrogens with zero attached hydrogens (tertiary/aromatic N) is 3. The zero-order valence-electron chi connectivity index (χ0n) is 15.5. The highest BCUT2D eigenvalue weighted by atomic mass is 127. The topological polar surface area (TPSA) is 42.9 Å². The number of hydrogen-bond donors (Lipinski definition) is 2. The Morgan fingerprint density at radius 1 is 1.16 bits per heavy atom. The first-order chi connectivity index (χ1) is 11.6. The van der Waals surface area contributed by atoms with Gasteiger partial charge in [-0.3, -0.25) is 9.89 Å². The van der Waals surface area contributed by atoms with Crippen molar-refractivity contribution in [1.82, 2.24) is 20.4 Å². The molecule has 0 amide bonds. The summed E-state index contributed by atoms with van der Waals surface area (Å²) in [5, 5.41) is 6.62. The molecule has 0 radical (unpaired) electrons. The summed E-state index contributed by atoms with van der Waals surface area (Å²) in [5.41, 5.74) is 1.72. The van der Waals surface area contributed by atoms with Crippen LogP contribution in [0.15, 0.2) is 23.2 Å². The van der Waals surface area contributed by atoms with Crippen molar-refractivity contribution in [3.05, 3.63) is 35.1 Å². The number of aryl methyl sites for hydroxylation is 1. The summed E-state index contributed by atoms with van der Waals surface area (Å²) >= 11 is 0. The first-order valence-corrected chi connectivity index (χ1v) is 8.76. The molecule has 1 aliphatic heterocycles. The lowest BCUT2D eigenvalue weighted by molar-refractivity contribution is 0.139. The van der Waals surface area contributed by atoms with E-state index in [0.717, 1.165) is 57.3 Å². The number of rotatable bonds is 6. The Balaban J connectivity index is 0.00000312. The van der Waals surface area contributed by atoms with Gasteiger partial charge in [0, 0.05) is 52.9 Å². The van der Waals surface area contributed by atoms with Crippen molar-refractivity contribution in [2.24, 2.45) is 4.99 Å². The average Bonchev–Trinajstić information content (AvgIpc) is 2.61. The number of hydrogen-bond acceptors (Lipinski definition) is 3. The van der Waals surface area contributed by atoms with E-state index in [1.54, 1.807) is 20.0 Å². The molecule has 142 valence electrons. The van der Waals surface area contributed by atoms with Crippen LogP contribution in [0.2, 0.25) is 0 Å². The van der Waals surface area contributed by atoms with Crippen LogP contribution in [0, 0.1) is 12.7 Å². The fraction of sp³-hybridized carbons (Fsp3) is 0.611. The molecular formula is C18H31FIN5. The van der Waals surface area contributed by atoms with E-state index in [0.29, 0.717) is 12.1 Å². The van der Waals surface area contributed by atoms with Gasteiger partial charge in [-0.1, -0.05) is 19.1 Å². The Kier molecular flexibility index (Phi) is 10.3. The number of guanidine groups is 1. The molecule has 1 heterocycles. The van der Waals surface area contributed by atoms with Crippen LogP contribution in [0.1, 0.15) is 18.1 Å². The van der Waals surface area contributed by atoms with Gasteiger partial charge in [-0.05, 0) is 30.7 Å². The van der Waals surface area contributed by atoms with Crippen LogP contribution in [0.25, 0.3) is 0 Å². The van der Waals surface area contributed by atoms with Gasteiger partial charge < -0.3 is 15.5 Å². The Labute approximate surface area is 168 Å². The zero-order chi connectivity index (χ0) is 17.4. The van der Waals surface area contributed by atoms with Gasteiger partial charge in [-0.25, -0.2) is 4.39 Å². The molecule has 0 atom stereocenters. The van der Waals surface area contributed by atoms with Crippen LogP contribution in [-0.2, 0) is 6.54 Å². The zero-order valence-corrected chi connectivity index (χ0v) is 17.8. The Morgan fingerprint density at radius 2 is 1.84 bits per heavy atom. The van der Waals surface area contributed by atoms with E-state index in [9.17, 15) is 4.39 Å². The molecule has 2 N–H and O–H groups in total. The van der Waals surface area contributed by atoms with Crippen molar-refractivity contribution < 1.29 is 4.39 Å². The minimum Gasteiger partial charge on any atom is -0.355 e. The number of aliphatic imine (C=N–C) groups is 1. The Hall–Kier alpha value is -0.930. The van der Waals surface area contributed by atoms with Crippen molar-refractivity contribution in [1.29, 1.82) is 0 Å². The van der Waals surface area contributed by atoms with Gasteiger partial charge in [0.1, 0.15) is 5.82 Å². The third-order valence-corrected chi connectivity index (χ3v) is 4.54. The first-order valence-electron chi connectivity index (χ1n) is 8.76. The van der Waals surface area contributed by atoms with Crippen molar-refractivity contribution in [2.75, 3.05) is 52.9 Å². The Bertz CT molecular complexity index is 544. The standard InChI is InChI=1S/C18H30FN5.HI/c1-4-23-9-11-24(12-10-23)8-7-21-18(20-3)22-14-16-5-6-17(19)15(2)13-16;/h5-6,13H,4,7-12,14H2,1-3H3,(H2,20,21,22);1H. The van der Waals surface area contributed by atoms with Gasteiger partial charge in [-0.15, -0.1) is 24.0 Å². The number of nitrogens with one attached hydrogen (secondary N) is 2. The summed E-state index contributed by atoms with van der Waals surface area (Å²) in [6.45, 7) is 12.3. The maximum absolute atomic E-state index is 13.3. The second-order valence-electron chi connectivity index (χ2n) is 6.21. The molecule has 1 aromatic rings. The van der Waals surface area contributed by atoms with Gasteiger partial charge >= 0.3 is 0 Å². The lowest BCUT2D eigenvalue weighted by atomic mass is 10.1. The van der Waals surface area contributed by atoms with Crippen molar-refractivity contribution >= 4 is 29.9 Å². The van der Waals surface area contributed by atoms with Crippen LogP contribution in [0.3, 0.4) is 0 Å². The molecule has 1 fully saturated rings. The molecular weight excluding hydrogens is 432 g/mol. The van der Waals surface area contributed by atoms with Gasteiger partial charge in [0.15, 0.2) is 5.96 Å². The molecule has 2 rings (SSSR count). The second-order valence-corrected chi connectivity index (χ2v) is 6.21. The predicted molar refractivity (Wildman–Crippen MR) is 113 cm³/mol. The smallest absolute Gasteiger partial charge is 0.191 e. The third kappa shape index (κ3) is 7.45. The quantitative estimate of drug-likeness (QED) is 0.385. The molecule has 1 aromatic carbocycles.